The van der Waals surface area contributed by atoms with Crippen LogP contribution in [0.2, 0.25) is 0 Å². The lowest BCUT2D eigenvalue weighted by molar-refractivity contribution is 0.0997. The van der Waals surface area contributed by atoms with Crippen LogP contribution >= 0.6 is 0 Å². The number of nitrogens with zero attached hydrogens (tertiary/aromatic N) is 4. The van der Waals surface area contributed by atoms with Gasteiger partial charge in [0.2, 0.25) is 5.88 Å². The van der Waals surface area contributed by atoms with Crippen LogP contribution in [0.15, 0.2) is 77.9 Å². The first-order valence-corrected chi connectivity index (χ1v) is 12.9. The lowest BCUT2D eigenvalue weighted by Crippen LogP contribution is -2.26. The molecular weight excluding hydrogens is 510 g/mol. The Morgan fingerprint density at radius 2 is 1.70 bits per heavy atom. The van der Waals surface area contributed by atoms with Crippen LogP contribution in [0.5, 0.6) is 23.1 Å². The van der Waals surface area contributed by atoms with E-state index >= 15 is 0 Å². The van der Waals surface area contributed by atoms with Crippen molar-refractivity contribution in [3.05, 3.63) is 100 Å². The van der Waals surface area contributed by atoms with E-state index in [9.17, 15) is 9.59 Å². The first-order valence-electron chi connectivity index (χ1n) is 12.9. The van der Waals surface area contributed by atoms with Crippen molar-refractivity contribution < 1.29 is 19.0 Å². The van der Waals surface area contributed by atoms with Crippen LogP contribution in [0.1, 0.15) is 40.4 Å². The van der Waals surface area contributed by atoms with Gasteiger partial charge in [-0.05, 0) is 48.7 Å². The second-order valence-electron chi connectivity index (χ2n) is 9.47. The van der Waals surface area contributed by atoms with Crippen molar-refractivity contribution in [1.29, 1.82) is 0 Å². The first kappa shape index (κ1) is 25.2. The minimum Gasteiger partial charge on any atom is -0.493 e. The van der Waals surface area contributed by atoms with E-state index in [1.807, 2.05) is 59.3 Å². The zero-order valence-electron chi connectivity index (χ0n) is 22.0. The van der Waals surface area contributed by atoms with Gasteiger partial charge in [0.25, 0.3) is 11.5 Å². The van der Waals surface area contributed by atoms with E-state index in [0.29, 0.717) is 52.0 Å². The summed E-state index contributed by atoms with van der Waals surface area (Å²) in [6.45, 7) is 0.611. The summed E-state index contributed by atoms with van der Waals surface area (Å²) in [5.41, 5.74) is 8.32. The number of fused-ring (bicyclic) bond motifs is 2. The summed E-state index contributed by atoms with van der Waals surface area (Å²) in [4.78, 5) is 34.6. The number of methoxy groups -OCH3 is 2. The van der Waals surface area contributed by atoms with Crippen molar-refractivity contribution in [1.82, 2.24) is 19.3 Å². The third-order valence-electron chi connectivity index (χ3n) is 7.22. The highest BCUT2D eigenvalue weighted by Crippen LogP contribution is 2.38. The Morgan fingerprint density at radius 3 is 2.40 bits per heavy atom. The van der Waals surface area contributed by atoms with Crippen LogP contribution in [0.3, 0.4) is 0 Å². The molecule has 5 aromatic rings. The fraction of sp³-hybridized carbons (Fsp3) is 0.200. The number of amides is 1. The summed E-state index contributed by atoms with van der Waals surface area (Å²) in [6.07, 6.45) is 3.05. The number of para-hydroxylation sites is 1. The summed E-state index contributed by atoms with van der Waals surface area (Å²) < 4.78 is 20.4. The minimum absolute atomic E-state index is 0.0331. The SMILES string of the molecule is COc1cc2ncnc(Oc3ccc(C4CCCn5c4c(C(N)=O)c(=O)n5-c4ccccc4)cc3)c2cc1OC. The van der Waals surface area contributed by atoms with Gasteiger partial charge in [-0.15, -0.1) is 0 Å². The highest BCUT2D eigenvalue weighted by atomic mass is 16.5. The molecule has 1 aliphatic heterocycles. The summed E-state index contributed by atoms with van der Waals surface area (Å²) in [5, 5.41) is 0.675. The van der Waals surface area contributed by atoms with E-state index in [2.05, 4.69) is 9.97 Å². The van der Waals surface area contributed by atoms with Crippen molar-refractivity contribution in [3.8, 4) is 28.8 Å². The maximum Gasteiger partial charge on any atom is 0.284 e. The molecule has 1 unspecified atom stereocenters. The van der Waals surface area contributed by atoms with Crippen LogP contribution in [0.25, 0.3) is 16.6 Å². The lowest BCUT2D eigenvalue weighted by atomic mass is 9.87. The number of carbonyl (C=O) groups is 1. The molecule has 3 aromatic carbocycles. The number of benzene rings is 3. The first-order chi connectivity index (χ1) is 19.5. The van der Waals surface area contributed by atoms with Gasteiger partial charge < -0.3 is 19.9 Å². The molecule has 1 aliphatic rings. The topological polar surface area (TPSA) is 123 Å². The number of hydrogen-bond donors (Lipinski definition) is 1. The normalized spacial score (nSPS) is 14.5. The van der Waals surface area contributed by atoms with E-state index in [4.69, 9.17) is 19.9 Å². The van der Waals surface area contributed by atoms with Crippen molar-refractivity contribution in [2.45, 2.75) is 25.3 Å². The Kier molecular flexibility index (Phi) is 6.43. The average molecular weight is 538 g/mol. The van der Waals surface area contributed by atoms with Crippen molar-refractivity contribution in [2.24, 2.45) is 5.73 Å². The summed E-state index contributed by atoms with van der Waals surface area (Å²) in [6, 6.07) is 20.4. The maximum absolute atomic E-state index is 13.4. The molecule has 0 saturated heterocycles. The van der Waals surface area contributed by atoms with Gasteiger partial charge >= 0.3 is 0 Å². The van der Waals surface area contributed by atoms with Gasteiger partial charge in [-0.2, -0.15) is 0 Å². The van der Waals surface area contributed by atoms with Crippen molar-refractivity contribution in [3.63, 3.8) is 0 Å². The molecular formula is C30H27N5O5. The smallest absolute Gasteiger partial charge is 0.284 e. The zero-order chi connectivity index (χ0) is 27.8. The Morgan fingerprint density at radius 1 is 0.975 bits per heavy atom. The fourth-order valence-electron chi connectivity index (χ4n) is 5.42. The molecule has 2 N–H and O–H groups in total. The quantitative estimate of drug-likeness (QED) is 0.326. The molecule has 2 aromatic heterocycles. The monoisotopic (exact) mass is 537 g/mol. The molecule has 0 aliphatic carbocycles. The Balaban J connectivity index is 1.36. The molecule has 0 bridgehead atoms. The minimum atomic E-state index is -0.724. The number of primary amides is 1. The van der Waals surface area contributed by atoms with Crippen LogP contribution in [-0.4, -0.2) is 39.5 Å². The van der Waals surface area contributed by atoms with Crippen LogP contribution in [0, 0.1) is 0 Å². The number of ether oxygens (including phenoxy) is 3. The average Bonchev–Trinajstić information content (AvgIpc) is 3.29. The predicted octanol–water partition coefficient (Wildman–Crippen LogP) is 4.42. The number of hydrogen-bond acceptors (Lipinski definition) is 7. The van der Waals surface area contributed by atoms with Gasteiger partial charge in [-0.1, -0.05) is 30.3 Å². The molecule has 0 spiro atoms. The van der Waals surface area contributed by atoms with Crippen LogP contribution in [0.4, 0.5) is 0 Å². The summed E-state index contributed by atoms with van der Waals surface area (Å²) in [7, 11) is 3.13. The fourth-order valence-corrected chi connectivity index (χ4v) is 5.42. The van der Waals surface area contributed by atoms with E-state index in [1.165, 1.54) is 6.33 Å². The number of nitrogens with two attached hydrogens (primary N) is 1. The van der Waals surface area contributed by atoms with E-state index in [-0.39, 0.29) is 11.5 Å². The molecule has 40 heavy (non-hydrogen) atoms. The lowest BCUT2D eigenvalue weighted by Gasteiger charge is -2.27. The van der Waals surface area contributed by atoms with E-state index in [0.717, 1.165) is 18.4 Å². The third kappa shape index (κ3) is 4.23. The highest BCUT2D eigenvalue weighted by Gasteiger charge is 2.33. The van der Waals surface area contributed by atoms with Gasteiger partial charge in [-0.25, -0.2) is 14.6 Å². The molecule has 0 radical (unpaired) electrons. The molecule has 202 valence electrons. The van der Waals surface area contributed by atoms with E-state index < -0.39 is 11.5 Å². The molecule has 1 amide bonds. The predicted molar refractivity (Wildman–Crippen MR) is 149 cm³/mol. The molecule has 10 nitrogen and oxygen atoms in total. The van der Waals surface area contributed by atoms with Gasteiger partial charge in [0, 0.05) is 18.5 Å². The third-order valence-corrected chi connectivity index (χ3v) is 7.22. The highest BCUT2D eigenvalue weighted by molar-refractivity contribution is 5.94. The molecule has 10 heteroatoms. The maximum atomic E-state index is 13.4. The molecule has 0 fully saturated rings. The van der Waals surface area contributed by atoms with Gasteiger partial charge in [0.1, 0.15) is 17.6 Å². The molecule has 1 atom stereocenters. The largest absolute Gasteiger partial charge is 0.493 e. The van der Waals surface area contributed by atoms with Gasteiger partial charge in [0.15, 0.2) is 11.5 Å². The van der Waals surface area contributed by atoms with Gasteiger partial charge in [-0.3, -0.25) is 14.3 Å². The van der Waals surface area contributed by atoms with Crippen molar-refractivity contribution in [2.75, 3.05) is 14.2 Å². The molecule has 0 saturated carbocycles. The Hall–Kier alpha value is -5.12. The summed E-state index contributed by atoms with van der Waals surface area (Å²) >= 11 is 0. The van der Waals surface area contributed by atoms with Crippen molar-refractivity contribution >= 4 is 16.8 Å². The zero-order valence-corrected chi connectivity index (χ0v) is 22.0. The second kappa shape index (κ2) is 10.2. The molecule has 3 heterocycles. The second-order valence-corrected chi connectivity index (χ2v) is 9.47. The summed E-state index contributed by atoms with van der Waals surface area (Å²) in [5.74, 6) is 1.15. The van der Waals surface area contributed by atoms with E-state index in [1.54, 1.807) is 31.0 Å². The number of carbonyl (C=O) groups excluding carboxylic acids is 1. The van der Waals surface area contributed by atoms with Crippen LogP contribution in [-0.2, 0) is 6.54 Å². The Bertz CT molecular complexity index is 1780. The Labute approximate surface area is 229 Å². The standard InChI is InChI=1S/C30H27N5O5/c1-38-24-15-22-23(16-25(24)39-2)32-17-33-29(22)40-20-12-10-18(11-13-20)21-9-6-14-34-27(21)26(28(31)36)30(37)35(34)19-7-4-3-5-8-19/h3-5,7-8,10-13,15-17,21H,6,9,14H2,1-2H3,(H2,31,36). The number of rotatable bonds is 7. The van der Waals surface area contributed by atoms with Gasteiger partial charge in [0.05, 0.1) is 36.5 Å². The molecule has 6 rings (SSSR count). The number of aromatic nitrogens is 4. The van der Waals surface area contributed by atoms with Crippen LogP contribution < -0.4 is 25.5 Å².